The Kier molecular flexibility index (Phi) is 5.19. The maximum Gasteiger partial charge on any atom is 0.253 e. The van der Waals surface area contributed by atoms with Crippen LogP contribution in [0.25, 0.3) is 0 Å². The highest BCUT2D eigenvalue weighted by Crippen LogP contribution is 2.22. The van der Waals surface area contributed by atoms with Crippen LogP contribution >= 0.6 is 0 Å². The molecule has 2 aliphatic rings. The Labute approximate surface area is 142 Å². The van der Waals surface area contributed by atoms with Gasteiger partial charge in [-0.3, -0.25) is 4.79 Å². The molecule has 1 amide bonds. The lowest BCUT2D eigenvalue weighted by molar-refractivity contribution is -0.125. The molecule has 2 fully saturated rings. The van der Waals surface area contributed by atoms with E-state index in [-0.39, 0.29) is 17.4 Å². The van der Waals surface area contributed by atoms with Crippen LogP contribution in [0, 0.1) is 0 Å². The second-order valence-corrected chi connectivity index (χ2v) is 7.87. The van der Waals surface area contributed by atoms with E-state index in [0.29, 0.717) is 31.9 Å². The summed E-state index contributed by atoms with van der Waals surface area (Å²) in [5, 5.41) is 0. The first-order chi connectivity index (χ1) is 11.5. The summed E-state index contributed by atoms with van der Waals surface area (Å²) in [5.41, 5.74) is 0.707. The van der Waals surface area contributed by atoms with Gasteiger partial charge in [0.2, 0.25) is 10.0 Å². The summed E-state index contributed by atoms with van der Waals surface area (Å²) in [6, 6.07) is 6.55. The first-order valence-electron chi connectivity index (χ1n) is 8.23. The van der Waals surface area contributed by atoms with Gasteiger partial charge in [0, 0.05) is 38.4 Å². The molecular weight excluding hydrogens is 330 g/mol. The van der Waals surface area contributed by atoms with Crippen molar-refractivity contribution in [1.29, 1.82) is 0 Å². The molecule has 132 valence electrons. The number of hydrogen-bond acceptors (Lipinski definition) is 5. The van der Waals surface area contributed by atoms with E-state index in [1.54, 1.807) is 29.2 Å². The number of likely N-dealkylation sites (N-methyl/N-ethyl adjacent to an activating group) is 1. The molecule has 2 aliphatic heterocycles. The Morgan fingerprint density at radius 1 is 1.04 bits per heavy atom. The number of ether oxygens (including phenoxy) is 1. The fraction of sp³-hybridized carbons (Fsp3) is 0.562. The van der Waals surface area contributed by atoms with Crippen molar-refractivity contribution in [3.63, 3.8) is 0 Å². The minimum absolute atomic E-state index is 0.0712. The normalized spacial score (nSPS) is 21.2. The Balaban J connectivity index is 1.73. The number of rotatable bonds is 4. The number of amides is 1. The number of hydrogen-bond donors (Lipinski definition) is 0. The van der Waals surface area contributed by atoms with Crippen molar-refractivity contribution in [3.8, 4) is 0 Å². The topological polar surface area (TPSA) is 70.2 Å². The number of sulfonamides is 1. The first-order valence-corrected chi connectivity index (χ1v) is 9.67. The predicted octanol–water partition coefficient (Wildman–Crippen LogP) is 0.376. The van der Waals surface area contributed by atoms with Crippen LogP contribution in [0.15, 0.2) is 29.2 Å². The molecule has 2 saturated heterocycles. The van der Waals surface area contributed by atoms with Crippen LogP contribution in [0.2, 0.25) is 0 Å². The monoisotopic (exact) mass is 353 g/mol. The van der Waals surface area contributed by atoms with Gasteiger partial charge in [-0.25, -0.2) is 8.42 Å². The van der Waals surface area contributed by atoms with Crippen molar-refractivity contribution in [1.82, 2.24) is 9.21 Å². The molecule has 24 heavy (non-hydrogen) atoms. The van der Waals surface area contributed by atoms with Gasteiger partial charge in [-0.2, -0.15) is 4.31 Å². The van der Waals surface area contributed by atoms with Gasteiger partial charge in [-0.05, 0) is 30.8 Å². The standard InChI is InChI=1S/C16H23N3O4S/c1-2-17-7-9-18(10-8-17)24(21,22)15-5-3-14(4-6-15)19-11-12-23-13-16(19)20/h3-6H,2,7-13H2,1H3. The fourth-order valence-electron chi connectivity index (χ4n) is 3.02. The Morgan fingerprint density at radius 2 is 1.71 bits per heavy atom. The number of morpholine rings is 1. The van der Waals surface area contributed by atoms with Gasteiger partial charge < -0.3 is 14.5 Å². The van der Waals surface area contributed by atoms with E-state index in [1.807, 2.05) is 0 Å². The maximum absolute atomic E-state index is 12.7. The van der Waals surface area contributed by atoms with Gasteiger partial charge >= 0.3 is 0 Å². The molecule has 0 radical (unpaired) electrons. The number of carbonyl (C=O) groups excluding carboxylic acids is 1. The lowest BCUT2D eigenvalue weighted by atomic mass is 10.2. The molecule has 7 nitrogen and oxygen atoms in total. The Bertz CT molecular complexity index is 682. The number of anilines is 1. The summed E-state index contributed by atoms with van der Waals surface area (Å²) < 4.78 is 32.1. The molecule has 8 heteroatoms. The zero-order chi connectivity index (χ0) is 17.2. The van der Waals surface area contributed by atoms with Crippen molar-refractivity contribution in [2.75, 3.05) is 57.4 Å². The van der Waals surface area contributed by atoms with Crippen molar-refractivity contribution in [2.24, 2.45) is 0 Å². The molecule has 3 rings (SSSR count). The summed E-state index contributed by atoms with van der Waals surface area (Å²) in [4.78, 5) is 16.0. The number of benzene rings is 1. The minimum atomic E-state index is -3.48. The number of piperazine rings is 1. The minimum Gasteiger partial charge on any atom is -0.370 e. The third kappa shape index (κ3) is 3.46. The summed E-state index contributed by atoms with van der Waals surface area (Å²) in [6.45, 7) is 6.62. The quantitative estimate of drug-likeness (QED) is 0.782. The zero-order valence-corrected chi connectivity index (χ0v) is 14.7. The predicted molar refractivity (Wildman–Crippen MR) is 90.5 cm³/mol. The van der Waals surface area contributed by atoms with Gasteiger partial charge in [0.1, 0.15) is 6.61 Å². The van der Waals surface area contributed by atoms with Crippen LogP contribution in [0.1, 0.15) is 6.92 Å². The van der Waals surface area contributed by atoms with Crippen LogP contribution in [-0.4, -0.2) is 76.0 Å². The second kappa shape index (κ2) is 7.18. The van der Waals surface area contributed by atoms with Gasteiger partial charge in [-0.1, -0.05) is 6.92 Å². The molecule has 0 unspecified atom stereocenters. The molecule has 0 aliphatic carbocycles. The van der Waals surface area contributed by atoms with E-state index in [1.165, 1.54) is 4.31 Å². The molecular formula is C16H23N3O4S. The van der Waals surface area contributed by atoms with Crippen LogP contribution in [0.3, 0.4) is 0 Å². The van der Waals surface area contributed by atoms with Gasteiger partial charge in [0.25, 0.3) is 5.91 Å². The number of carbonyl (C=O) groups is 1. The molecule has 2 heterocycles. The Morgan fingerprint density at radius 3 is 2.29 bits per heavy atom. The Hall–Kier alpha value is -1.48. The number of nitrogens with zero attached hydrogens (tertiary/aromatic N) is 3. The highest BCUT2D eigenvalue weighted by Gasteiger charge is 2.28. The van der Waals surface area contributed by atoms with E-state index in [0.717, 1.165) is 19.6 Å². The van der Waals surface area contributed by atoms with Crippen LogP contribution in [-0.2, 0) is 19.6 Å². The largest absolute Gasteiger partial charge is 0.370 e. The average molecular weight is 353 g/mol. The SMILES string of the molecule is CCN1CCN(S(=O)(=O)c2ccc(N3CCOCC3=O)cc2)CC1. The molecule has 0 saturated carbocycles. The zero-order valence-electron chi connectivity index (χ0n) is 13.8. The molecule has 0 spiro atoms. The lowest BCUT2D eigenvalue weighted by Gasteiger charge is -2.33. The summed E-state index contributed by atoms with van der Waals surface area (Å²) in [5.74, 6) is -0.104. The summed E-state index contributed by atoms with van der Waals surface area (Å²) in [6.07, 6.45) is 0. The van der Waals surface area contributed by atoms with Gasteiger partial charge in [0.15, 0.2) is 0 Å². The summed E-state index contributed by atoms with van der Waals surface area (Å²) >= 11 is 0. The smallest absolute Gasteiger partial charge is 0.253 e. The highest BCUT2D eigenvalue weighted by atomic mass is 32.2. The average Bonchev–Trinajstić information content (AvgIpc) is 2.62. The van der Waals surface area contributed by atoms with Crippen LogP contribution < -0.4 is 4.90 Å². The third-order valence-electron chi connectivity index (χ3n) is 4.55. The van der Waals surface area contributed by atoms with E-state index >= 15 is 0 Å². The lowest BCUT2D eigenvalue weighted by Crippen LogP contribution is -2.48. The second-order valence-electron chi connectivity index (χ2n) is 5.93. The summed E-state index contributed by atoms with van der Waals surface area (Å²) in [7, 11) is -3.48. The van der Waals surface area contributed by atoms with E-state index in [9.17, 15) is 13.2 Å². The van der Waals surface area contributed by atoms with Crippen LogP contribution in [0.4, 0.5) is 5.69 Å². The molecule has 0 N–H and O–H groups in total. The first kappa shape index (κ1) is 17.3. The molecule has 1 aromatic carbocycles. The van der Waals surface area contributed by atoms with Crippen molar-refractivity contribution < 1.29 is 17.9 Å². The van der Waals surface area contributed by atoms with E-state index in [4.69, 9.17) is 4.74 Å². The molecule has 1 aromatic rings. The van der Waals surface area contributed by atoms with Crippen molar-refractivity contribution >= 4 is 21.6 Å². The van der Waals surface area contributed by atoms with Crippen molar-refractivity contribution in [3.05, 3.63) is 24.3 Å². The van der Waals surface area contributed by atoms with Gasteiger partial charge in [-0.15, -0.1) is 0 Å². The third-order valence-corrected chi connectivity index (χ3v) is 6.46. The van der Waals surface area contributed by atoms with Gasteiger partial charge in [0.05, 0.1) is 11.5 Å². The molecule has 0 atom stereocenters. The van der Waals surface area contributed by atoms with E-state index in [2.05, 4.69) is 11.8 Å². The van der Waals surface area contributed by atoms with Crippen LogP contribution in [0.5, 0.6) is 0 Å². The molecule has 0 bridgehead atoms. The van der Waals surface area contributed by atoms with E-state index < -0.39 is 10.0 Å². The van der Waals surface area contributed by atoms with Crippen molar-refractivity contribution in [2.45, 2.75) is 11.8 Å². The highest BCUT2D eigenvalue weighted by molar-refractivity contribution is 7.89. The maximum atomic E-state index is 12.7. The fourth-order valence-corrected chi connectivity index (χ4v) is 4.45. The molecule has 0 aromatic heterocycles.